The SMILES string of the molecule is CCC(CC)CNC1CCN(C(C)C)C1. The fourth-order valence-corrected chi connectivity index (χ4v) is 2.33. The fraction of sp³-hybridized carbons (Fsp3) is 1.00. The number of hydrogen-bond acceptors (Lipinski definition) is 2. The lowest BCUT2D eigenvalue weighted by Gasteiger charge is -2.21. The highest BCUT2D eigenvalue weighted by Crippen LogP contribution is 2.13. The lowest BCUT2D eigenvalue weighted by atomic mass is 10.0. The first-order valence-electron chi connectivity index (χ1n) is 6.64. The van der Waals surface area contributed by atoms with Gasteiger partial charge in [-0.1, -0.05) is 26.7 Å². The van der Waals surface area contributed by atoms with Crippen molar-refractivity contribution < 1.29 is 0 Å². The highest BCUT2D eigenvalue weighted by atomic mass is 15.2. The molecule has 1 saturated heterocycles. The topological polar surface area (TPSA) is 15.3 Å². The van der Waals surface area contributed by atoms with Crippen molar-refractivity contribution in [2.45, 2.75) is 59.0 Å². The van der Waals surface area contributed by atoms with E-state index in [2.05, 4.69) is 37.9 Å². The highest BCUT2D eigenvalue weighted by molar-refractivity contribution is 4.83. The molecule has 1 fully saturated rings. The molecule has 2 heteroatoms. The van der Waals surface area contributed by atoms with E-state index in [0.29, 0.717) is 6.04 Å². The molecule has 1 aliphatic heterocycles. The lowest BCUT2D eigenvalue weighted by Crippen LogP contribution is -2.37. The van der Waals surface area contributed by atoms with Crippen LogP contribution in [-0.4, -0.2) is 36.6 Å². The van der Waals surface area contributed by atoms with E-state index in [1.807, 2.05) is 0 Å². The normalized spacial score (nSPS) is 23.2. The third-order valence-electron chi connectivity index (χ3n) is 3.80. The predicted molar refractivity (Wildman–Crippen MR) is 67.2 cm³/mol. The quantitative estimate of drug-likeness (QED) is 0.728. The first-order chi connectivity index (χ1) is 7.17. The molecule has 0 bridgehead atoms. The van der Waals surface area contributed by atoms with Crippen LogP contribution in [-0.2, 0) is 0 Å². The van der Waals surface area contributed by atoms with Gasteiger partial charge in [0.15, 0.2) is 0 Å². The smallest absolute Gasteiger partial charge is 0.0207 e. The number of hydrogen-bond donors (Lipinski definition) is 1. The molecule has 0 aromatic rings. The van der Waals surface area contributed by atoms with E-state index < -0.39 is 0 Å². The third-order valence-corrected chi connectivity index (χ3v) is 3.80. The minimum atomic E-state index is 0.713. The summed E-state index contributed by atoms with van der Waals surface area (Å²) in [5.74, 6) is 0.873. The summed E-state index contributed by atoms with van der Waals surface area (Å²) in [5, 5.41) is 3.73. The highest BCUT2D eigenvalue weighted by Gasteiger charge is 2.23. The van der Waals surface area contributed by atoms with Gasteiger partial charge >= 0.3 is 0 Å². The Kier molecular flexibility index (Phi) is 5.62. The molecule has 1 atom stereocenters. The van der Waals surface area contributed by atoms with Crippen LogP contribution >= 0.6 is 0 Å². The maximum Gasteiger partial charge on any atom is 0.0207 e. The van der Waals surface area contributed by atoms with Gasteiger partial charge in [-0.2, -0.15) is 0 Å². The summed E-state index contributed by atoms with van der Waals surface area (Å²) in [5.41, 5.74) is 0. The third kappa shape index (κ3) is 4.12. The van der Waals surface area contributed by atoms with E-state index in [1.54, 1.807) is 0 Å². The van der Waals surface area contributed by atoms with Crippen molar-refractivity contribution in [3.8, 4) is 0 Å². The van der Waals surface area contributed by atoms with Gasteiger partial charge < -0.3 is 5.32 Å². The maximum atomic E-state index is 3.73. The number of rotatable bonds is 6. The minimum absolute atomic E-state index is 0.713. The Labute approximate surface area is 95.4 Å². The largest absolute Gasteiger partial charge is 0.312 e. The summed E-state index contributed by atoms with van der Waals surface area (Å²) in [4.78, 5) is 2.57. The van der Waals surface area contributed by atoms with Gasteiger partial charge in [0, 0.05) is 18.6 Å². The number of nitrogens with one attached hydrogen (secondary N) is 1. The van der Waals surface area contributed by atoms with Crippen LogP contribution < -0.4 is 5.32 Å². The van der Waals surface area contributed by atoms with Crippen molar-refractivity contribution in [3.63, 3.8) is 0 Å². The summed E-state index contributed by atoms with van der Waals surface area (Å²) in [6.07, 6.45) is 3.95. The summed E-state index contributed by atoms with van der Waals surface area (Å²) in [6, 6.07) is 1.46. The molecular formula is C13H28N2. The Morgan fingerprint density at radius 2 is 1.93 bits per heavy atom. The Morgan fingerprint density at radius 3 is 2.40 bits per heavy atom. The van der Waals surface area contributed by atoms with Crippen LogP contribution in [0.15, 0.2) is 0 Å². The van der Waals surface area contributed by atoms with Crippen molar-refractivity contribution in [1.29, 1.82) is 0 Å². The van der Waals surface area contributed by atoms with Gasteiger partial charge in [-0.25, -0.2) is 0 Å². The second-order valence-corrected chi connectivity index (χ2v) is 5.17. The molecule has 1 rings (SSSR count). The molecule has 2 nitrogen and oxygen atoms in total. The van der Waals surface area contributed by atoms with Gasteiger partial charge in [0.2, 0.25) is 0 Å². The maximum absolute atomic E-state index is 3.73. The van der Waals surface area contributed by atoms with Gasteiger partial charge in [-0.15, -0.1) is 0 Å². The van der Waals surface area contributed by atoms with Crippen molar-refractivity contribution in [3.05, 3.63) is 0 Å². The van der Waals surface area contributed by atoms with E-state index in [9.17, 15) is 0 Å². The molecule has 0 spiro atoms. The molecule has 90 valence electrons. The van der Waals surface area contributed by atoms with E-state index in [1.165, 1.54) is 38.9 Å². The molecule has 0 saturated carbocycles. The first-order valence-corrected chi connectivity index (χ1v) is 6.64. The second kappa shape index (κ2) is 6.49. The van der Waals surface area contributed by atoms with Crippen molar-refractivity contribution in [2.75, 3.05) is 19.6 Å². The average Bonchev–Trinajstić information content (AvgIpc) is 2.68. The second-order valence-electron chi connectivity index (χ2n) is 5.17. The Morgan fingerprint density at radius 1 is 1.27 bits per heavy atom. The molecule has 0 aliphatic carbocycles. The zero-order valence-electron chi connectivity index (χ0n) is 10.9. The zero-order chi connectivity index (χ0) is 11.3. The summed E-state index contributed by atoms with van der Waals surface area (Å²) in [6.45, 7) is 12.9. The van der Waals surface area contributed by atoms with Gasteiger partial charge in [-0.3, -0.25) is 4.90 Å². The fourth-order valence-electron chi connectivity index (χ4n) is 2.33. The van der Waals surface area contributed by atoms with Gasteiger partial charge in [0.05, 0.1) is 0 Å². The molecule has 1 heterocycles. The van der Waals surface area contributed by atoms with Crippen LogP contribution in [0.3, 0.4) is 0 Å². The molecule has 0 amide bonds. The Hall–Kier alpha value is -0.0800. The van der Waals surface area contributed by atoms with Crippen LogP contribution in [0.2, 0.25) is 0 Å². The van der Waals surface area contributed by atoms with Crippen LogP contribution in [0, 0.1) is 5.92 Å². The number of nitrogens with zero attached hydrogens (tertiary/aromatic N) is 1. The number of likely N-dealkylation sites (tertiary alicyclic amines) is 1. The summed E-state index contributed by atoms with van der Waals surface area (Å²) < 4.78 is 0. The first kappa shape index (κ1) is 13.0. The monoisotopic (exact) mass is 212 g/mol. The average molecular weight is 212 g/mol. The molecular weight excluding hydrogens is 184 g/mol. The molecule has 1 aliphatic rings. The molecule has 0 aromatic carbocycles. The van der Waals surface area contributed by atoms with E-state index in [4.69, 9.17) is 0 Å². The van der Waals surface area contributed by atoms with Crippen LogP contribution in [0.5, 0.6) is 0 Å². The molecule has 15 heavy (non-hydrogen) atoms. The van der Waals surface area contributed by atoms with Gasteiger partial charge in [0.25, 0.3) is 0 Å². The van der Waals surface area contributed by atoms with Crippen LogP contribution in [0.1, 0.15) is 47.0 Å². The standard InChI is InChI=1S/C13H28N2/c1-5-12(6-2)9-14-13-7-8-15(10-13)11(3)4/h11-14H,5-10H2,1-4H3. The minimum Gasteiger partial charge on any atom is -0.312 e. The molecule has 1 N–H and O–H groups in total. The van der Waals surface area contributed by atoms with Crippen molar-refractivity contribution in [2.24, 2.45) is 5.92 Å². The summed E-state index contributed by atoms with van der Waals surface area (Å²) in [7, 11) is 0. The van der Waals surface area contributed by atoms with E-state index in [0.717, 1.165) is 12.0 Å². The van der Waals surface area contributed by atoms with Crippen LogP contribution in [0.4, 0.5) is 0 Å². The Balaban J connectivity index is 2.18. The van der Waals surface area contributed by atoms with Crippen LogP contribution in [0.25, 0.3) is 0 Å². The Bertz CT molecular complexity index is 164. The van der Waals surface area contributed by atoms with Crippen molar-refractivity contribution in [1.82, 2.24) is 10.2 Å². The zero-order valence-corrected chi connectivity index (χ0v) is 10.9. The molecule has 0 aromatic heterocycles. The lowest BCUT2D eigenvalue weighted by molar-refractivity contribution is 0.266. The molecule has 0 radical (unpaired) electrons. The van der Waals surface area contributed by atoms with Gasteiger partial charge in [0.1, 0.15) is 0 Å². The summed E-state index contributed by atoms with van der Waals surface area (Å²) >= 11 is 0. The van der Waals surface area contributed by atoms with E-state index in [-0.39, 0.29) is 0 Å². The predicted octanol–water partition coefficient (Wildman–Crippen LogP) is 2.49. The van der Waals surface area contributed by atoms with Crippen molar-refractivity contribution >= 4 is 0 Å². The van der Waals surface area contributed by atoms with E-state index >= 15 is 0 Å². The van der Waals surface area contributed by atoms with Gasteiger partial charge in [-0.05, 0) is 39.3 Å². The molecule has 1 unspecified atom stereocenters.